The molecule has 0 radical (unpaired) electrons. The summed E-state index contributed by atoms with van der Waals surface area (Å²) in [6, 6.07) is 4.69. The predicted molar refractivity (Wildman–Crippen MR) is 67.3 cm³/mol. The number of nitrogens with two attached hydrogens (primary N) is 1. The van der Waals surface area contributed by atoms with E-state index in [9.17, 15) is 8.42 Å². The van der Waals surface area contributed by atoms with Gasteiger partial charge in [0.25, 0.3) is 0 Å². The SMILES string of the molecule is NCc1cc(S(=O)(=O)N2CCCC2)ccc1Cl. The molecule has 0 spiro atoms. The van der Waals surface area contributed by atoms with Crippen molar-refractivity contribution in [2.45, 2.75) is 24.3 Å². The smallest absolute Gasteiger partial charge is 0.243 e. The average molecular weight is 275 g/mol. The molecule has 1 fully saturated rings. The van der Waals surface area contributed by atoms with Crippen LogP contribution in [-0.2, 0) is 16.6 Å². The van der Waals surface area contributed by atoms with Crippen LogP contribution >= 0.6 is 11.6 Å². The van der Waals surface area contributed by atoms with Gasteiger partial charge in [-0.15, -0.1) is 0 Å². The summed E-state index contributed by atoms with van der Waals surface area (Å²) >= 11 is 5.92. The lowest BCUT2D eigenvalue weighted by atomic mass is 10.2. The lowest BCUT2D eigenvalue weighted by Crippen LogP contribution is -2.28. The average Bonchev–Trinajstić information content (AvgIpc) is 2.83. The highest BCUT2D eigenvalue weighted by Crippen LogP contribution is 2.24. The van der Waals surface area contributed by atoms with Gasteiger partial charge in [0, 0.05) is 24.7 Å². The maximum atomic E-state index is 12.3. The first-order valence-electron chi connectivity index (χ1n) is 5.54. The Labute approximate surface area is 106 Å². The first kappa shape index (κ1) is 12.8. The maximum absolute atomic E-state index is 12.3. The fraction of sp³-hybridized carbons (Fsp3) is 0.455. The van der Waals surface area contributed by atoms with Crippen LogP contribution in [0.15, 0.2) is 23.1 Å². The molecule has 17 heavy (non-hydrogen) atoms. The molecule has 1 saturated heterocycles. The van der Waals surface area contributed by atoms with Gasteiger partial charge in [-0.2, -0.15) is 4.31 Å². The molecule has 0 aliphatic carbocycles. The van der Waals surface area contributed by atoms with Gasteiger partial charge in [-0.25, -0.2) is 8.42 Å². The van der Waals surface area contributed by atoms with E-state index in [-0.39, 0.29) is 11.4 Å². The van der Waals surface area contributed by atoms with Crippen molar-refractivity contribution >= 4 is 21.6 Å². The van der Waals surface area contributed by atoms with Crippen molar-refractivity contribution in [3.8, 4) is 0 Å². The second kappa shape index (κ2) is 4.94. The molecule has 0 amide bonds. The number of benzene rings is 1. The Balaban J connectivity index is 2.39. The molecule has 0 atom stereocenters. The van der Waals surface area contributed by atoms with Gasteiger partial charge in [0.05, 0.1) is 4.90 Å². The molecular weight excluding hydrogens is 260 g/mol. The topological polar surface area (TPSA) is 63.4 Å². The monoisotopic (exact) mass is 274 g/mol. The lowest BCUT2D eigenvalue weighted by Gasteiger charge is -2.16. The van der Waals surface area contributed by atoms with Gasteiger partial charge in [-0.1, -0.05) is 11.6 Å². The number of nitrogens with zero attached hydrogens (tertiary/aromatic N) is 1. The number of halogens is 1. The highest BCUT2D eigenvalue weighted by molar-refractivity contribution is 7.89. The molecule has 0 saturated carbocycles. The molecule has 1 aromatic rings. The molecular formula is C11H15ClN2O2S. The quantitative estimate of drug-likeness (QED) is 0.910. The molecule has 94 valence electrons. The van der Waals surface area contributed by atoms with Gasteiger partial charge in [-0.3, -0.25) is 0 Å². The Bertz CT molecular complexity index is 510. The van der Waals surface area contributed by atoms with Crippen molar-refractivity contribution in [1.29, 1.82) is 0 Å². The Morgan fingerprint density at radius 1 is 1.29 bits per heavy atom. The maximum Gasteiger partial charge on any atom is 0.243 e. The summed E-state index contributed by atoms with van der Waals surface area (Å²) in [6.07, 6.45) is 1.85. The zero-order valence-electron chi connectivity index (χ0n) is 9.39. The summed E-state index contributed by atoms with van der Waals surface area (Å²) in [7, 11) is -3.37. The van der Waals surface area contributed by atoms with Crippen molar-refractivity contribution in [1.82, 2.24) is 4.31 Å². The minimum absolute atomic E-state index is 0.238. The Morgan fingerprint density at radius 2 is 1.94 bits per heavy atom. The van der Waals surface area contributed by atoms with E-state index in [2.05, 4.69) is 0 Å². The summed E-state index contributed by atoms with van der Waals surface area (Å²) in [6.45, 7) is 1.44. The second-order valence-corrected chi connectivity index (χ2v) is 6.41. The molecule has 2 N–H and O–H groups in total. The van der Waals surface area contributed by atoms with E-state index in [4.69, 9.17) is 17.3 Å². The van der Waals surface area contributed by atoms with Crippen LogP contribution in [0.2, 0.25) is 5.02 Å². The van der Waals surface area contributed by atoms with Crippen molar-refractivity contribution in [2.75, 3.05) is 13.1 Å². The zero-order valence-corrected chi connectivity index (χ0v) is 11.0. The van der Waals surface area contributed by atoms with Crippen LogP contribution in [0.5, 0.6) is 0 Å². The summed E-state index contributed by atoms with van der Waals surface area (Å²) in [5, 5.41) is 0.507. The van der Waals surface area contributed by atoms with E-state index >= 15 is 0 Å². The van der Waals surface area contributed by atoms with Crippen molar-refractivity contribution in [3.63, 3.8) is 0 Å². The molecule has 4 nitrogen and oxygen atoms in total. The molecule has 0 unspecified atom stereocenters. The molecule has 0 bridgehead atoms. The van der Waals surface area contributed by atoms with Crippen molar-refractivity contribution in [2.24, 2.45) is 5.73 Å². The zero-order chi connectivity index (χ0) is 12.5. The summed E-state index contributed by atoms with van der Waals surface area (Å²) in [5.41, 5.74) is 6.18. The fourth-order valence-corrected chi connectivity index (χ4v) is 3.71. The number of sulfonamides is 1. The predicted octanol–water partition coefficient (Wildman–Crippen LogP) is 1.58. The molecule has 1 aliphatic heterocycles. The molecule has 1 heterocycles. The summed E-state index contributed by atoms with van der Waals surface area (Å²) in [4.78, 5) is 0.282. The summed E-state index contributed by atoms with van der Waals surface area (Å²) < 4.78 is 26.0. The van der Waals surface area contributed by atoms with Crippen LogP contribution in [0.3, 0.4) is 0 Å². The fourth-order valence-electron chi connectivity index (χ4n) is 1.95. The van der Waals surface area contributed by atoms with E-state index in [0.717, 1.165) is 12.8 Å². The minimum Gasteiger partial charge on any atom is -0.326 e. The van der Waals surface area contributed by atoms with Crippen LogP contribution < -0.4 is 5.73 Å². The van der Waals surface area contributed by atoms with E-state index in [1.54, 1.807) is 12.1 Å². The van der Waals surface area contributed by atoms with Crippen LogP contribution in [-0.4, -0.2) is 25.8 Å². The molecule has 1 aromatic carbocycles. The number of hydrogen-bond donors (Lipinski definition) is 1. The van der Waals surface area contributed by atoms with Crippen LogP contribution in [0.4, 0.5) is 0 Å². The Morgan fingerprint density at radius 3 is 2.53 bits per heavy atom. The minimum atomic E-state index is -3.37. The van der Waals surface area contributed by atoms with Crippen LogP contribution in [0.1, 0.15) is 18.4 Å². The van der Waals surface area contributed by atoms with Crippen molar-refractivity contribution in [3.05, 3.63) is 28.8 Å². The third kappa shape index (κ3) is 2.47. The number of rotatable bonds is 3. The summed E-state index contributed by atoms with van der Waals surface area (Å²) in [5.74, 6) is 0. The molecule has 1 aliphatic rings. The van der Waals surface area contributed by atoms with Gasteiger partial charge in [0.1, 0.15) is 0 Å². The molecule has 2 rings (SSSR count). The van der Waals surface area contributed by atoms with Gasteiger partial charge in [-0.05, 0) is 36.6 Å². The standard InChI is InChI=1S/C11H15ClN2O2S/c12-11-4-3-10(7-9(11)8-13)17(15,16)14-5-1-2-6-14/h3-4,7H,1-2,5-6,8,13H2. The Hall–Kier alpha value is -0.620. The van der Waals surface area contributed by atoms with Crippen molar-refractivity contribution < 1.29 is 8.42 Å². The highest BCUT2D eigenvalue weighted by Gasteiger charge is 2.27. The van der Waals surface area contributed by atoms with Gasteiger partial charge < -0.3 is 5.73 Å². The highest BCUT2D eigenvalue weighted by atomic mass is 35.5. The third-order valence-corrected chi connectivity index (χ3v) is 5.20. The first-order valence-corrected chi connectivity index (χ1v) is 7.36. The van der Waals surface area contributed by atoms with E-state index in [1.807, 2.05) is 0 Å². The molecule has 6 heteroatoms. The van der Waals surface area contributed by atoms with Crippen LogP contribution in [0.25, 0.3) is 0 Å². The van der Waals surface area contributed by atoms with Crippen LogP contribution in [0, 0.1) is 0 Å². The number of hydrogen-bond acceptors (Lipinski definition) is 3. The normalized spacial score (nSPS) is 17.5. The molecule has 0 aromatic heterocycles. The Kier molecular flexibility index (Phi) is 3.73. The van der Waals surface area contributed by atoms with Gasteiger partial charge in [0.15, 0.2) is 0 Å². The van der Waals surface area contributed by atoms with E-state index in [0.29, 0.717) is 23.7 Å². The second-order valence-electron chi connectivity index (χ2n) is 4.07. The lowest BCUT2D eigenvalue weighted by molar-refractivity contribution is 0.477. The largest absolute Gasteiger partial charge is 0.326 e. The van der Waals surface area contributed by atoms with E-state index in [1.165, 1.54) is 10.4 Å². The van der Waals surface area contributed by atoms with Gasteiger partial charge >= 0.3 is 0 Å². The first-order chi connectivity index (χ1) is 8.05. The third-order valence-electron chi connectivity index (χ3n) is 2.94. The van der Waals surface area contributed by atoms with Gasteiger partial charge in [0.2, 0.25) is 10.0 Å². The van der Waals surface area contributed by atoms with E-state index < -0.39 is 10.0 Å².